The van der Waals surface area contributed by atoms with Crippen LogP contribution in [-0.4, -0.2) is 43.3 Å². The average Bonchev–Trinajstić information content (AvgIpc) is 3.10. The summed E-state index contributed by atoms with van der Waals surface area (Å²) in [4.78, 5) is 34.4. The Bertz CT molecular complexity index is 1000. The Morgan fingerprint density at radius 1 is 0.580 bits per heavy atom. The molecule has 0 amide bonds. The molecule has 0 fully saturated rings. The van der Waals surface area contributed by atoms with E-state index in [1.807, 2.05) is 0 Å². The first-order chi connectivity index (χ1) is 24.3. The molecule has 50 heavy (non-hydrogen) atoms. The van der Waals surface area contributed by atoms with Crippen LogP contribution in [-0.2, 0) is 32.7 Å². The van der Waals surface area contributed by atoms with Gasteiger partial charge in [-0.25, -0.2) is 4.57 Å². The largest absolute Gasteiger partial charge is 0.472 e. The Morgan fingerprint density at radius 3 is 1.52 bits per heavy atom. The highest BCUT2D eigenvalue weighted by molar-refractivity contribution is 7.47. The first kappa shape index (κ1) is 47.8. The minimum Gasteiger partial charge on any atom is -0.462 e. The molecule has 8 nitrogen and oxygen atoms in total. The van der Waals surface area contributed by atoms with Crippen LogP contribution in [0.4, 0.5) is 0 Å². The summed E-state index contributed by atoms with van der Waals surface area (Å²) in [7, 11) is -3.22. The number of ether oxygens (including phenoxy) is 2. The Hall–Kier alpha value is -2.25. The molecule has 0 aromatic carbocycles. The number of hydrogen-bond donors (Lipinski definition) is 1. The van der Waals surface area contributed by atoms with E-state index in [9.17, 15) is 19.0 Å². The summed E-state index contributed by atoms with van der Waals surface area (Å²) in [6.07, 6.45) is 44.1. The van der Waals surface area contributed by atoms with Crippen molar-refractivity contribution in [2.24, 2.45) is 0 Å². The third kappa shape index (κ3) is 35.6. The molecule has 1 N–H and O–H groups in total. The van der Waals surface area contributed by atoms with Crippen molar-refractivity contribution in [3.8, 4) is 0 Å². The van der Waals surface area contributed by atoms with E-state index < -0.39 is 32.5 Å². The van der Waals surface area contributed by atoms with Gasteiger partial charge in [-0.05, 0) is 77.0 Å². The first-order valence-electron chi connectivity index (χ1n) is 19.5. The fourth-order valence-corrected chi connectivity index (χ4v) is 5.46. The Kier molecular flexibility index (Phi) is 34.9. The van der Waals surface area contributed by atoms with Gasteiger partial charge in [0.2, 0.25) is 0 Å². The van der Waals surface area contributed by atoms with Crippen LogP contribution in [0.1, 0.15) is 162 Å². The van der Waals surface area contributed by atoms with E-state index in [1.54, 1.807) is 0 Å². The predicted molar refractivity (Wildman–Crippen MR) is 207 cm³/mol. The number of carbonyl (C=O) groups excluding carboxylic acids is 2. The Balaban J connectivity index is 4.11. The van der Waals surface area contributed by atoms with E-state index in [1.165, 1.54) is 32.1 Å². The van der Waals surface area contributed by atoms with E-state index in [-0.39, 0.29) is 19.4 Å². The quantitative estimate of drug-likeness (QED) is 0.0298. The minimum atomic E-state index is -4.27. The van der Waals surface area contributed by atoms with Gasteiger partial charge in [-0.15, -0.1) is 0 Å². The topological polar surface area (TPSA) is 108 Å². The van der Waals surface area contributed by atoms with E-state index in [0.29, 0.717) is 6.42 Å². The third-order valence-corrected chi connectivity index (χ3v) is 8.93. The molecule has 288 valence electrons. The molecule has 2 atom stereocenters. The molecule has 0 aliphatic heterocycles. The van der Waals surface area contributed by atoms with Crippen molar-refractivity contribution in [3.05, 3.63) is 60.8 Å². The Morgan fingerprint density at radius 2 is 1.02 bits per heavy atom. The van der Waals surface area contributed by atoms with E-state index >= 15 is 0 Å². The van der Waals surface area contributed by atoms with Gasteiger partial charge in [-0.1, -0.05) is 132 Å². The summed E-state index contributed by atoms with van der Waals surface area (Å²) < 4.78 is 31.9. The standard InChI is InChI=1S/C41H71O8P/c1-4-6-8-10-12-14-16-18-20-22-23-25-27-29-31-33-35-40(42)47-37-39(38-48-50(44,45)46-3)49-41(43)36-34-32-30-28-26-24-21-19-17-15-13-11-9-7-5-2/h7,9,13-16,19-22,39H,4-6,8,10-12,17-18,23-38H2,1-3H3,(H,44,45)/b9-7-,15-13-,16-14-,21-19-,22-20-. The highest BCUT2D eigenvalue weighted by Crippen LogP contribution is 2.42. The normalized spacial score (nSPS) is 14.1. The molecule has 0 saturated carbocycles. The van der Waals surface area contributed by atoms with Crippen LogP contribution >= 0.6 is 7.82 Å². The van der Waals surface area contributed by atoms with E-state index in [4.69, 9.17) is 14.0 Å². The number of carbonyl (C=O) groups is 2. The van der Waals surface area contributed by atoms with Gasteiger partial charge in [0, 0.05) is 20.0 Å². The fraction of sp³-hybridized carbons (Fsp3) is 0.707. The third-order valence-electron chi connectivity index (χ3n) is 8.00. The molecule has 0 heterocycles. The predicted octanol–water partition coefficient (Wildman–Crippen LogP) is 12.0. The maximum Gasteiger partial charge on any atom is 0.472 e. The molecular formula is C41H71O8P. The summed E-state index contributed by atoms with van der Waals surface area (Å²) in [5, 5.41) is 0. The van der Waals surface area contributed by atoms with Gasteiger partial charge in [0.1, 0.15) is 6.61 Å². The van der Waals surface area contributed by atoms with Crippen molar-refractivity contribution in [1.82, 2.24) is 0 Å². The van der Waals surface area contributed by atoms with Crippen molar-refractivity contribution in [3.63, 3.8) is 0 Å². The smallest absolute Gasteiger partial charge is 0.462 e. The van der Waals surface area contributed by atoms with Crippen LogP contribution < -0.4 is 0 Å². The molecule has 9 heteroatoms. The van der Waals surface area contributed by atoms with Crippen molar-refractivity contribution >= 4 is 19.8 Å². The second-order valence-corrected chi connectivity index (χ2v) is 14.2. The molecule has 0 aromatic rings. The molecule has 0 bridgehead atoms. The second kappa shape index (κ2) is 36.5. The number of hydrogen-bond acceptors (Lipinski definition) is 7. The highest BCUT2D eigenvalue weighted by atomic mass is 31.2. The number of allylic oxidation sites excluding steroid dienone is 10. The summed E-state index contributed by atoms with van der Waals surface area (Å²) in [5.74, 6) is -0.845. The van der Waals surface area contributed by atoms with Crippen molar-refractivity contribution in [2.45, 2.75) is 168 Å². The SMILES string of the molecule is CC/C=C\C/C=C\C/C=C\CCCCCCCC(=O)OC(COC(=O)CCCCCCC/C=C\C/C=C\CCCCCC)COP(=O)(O)OC. The molecule has 0 spiro atoms. The number of unbranched alkanes of at least 4 members (excludes halogenated alkanes) is 14. The number of phosphoric acid groups is 1. The Labute approximate surface area is 305 Å². The van der Waals surface area contributed by atoms with Gasteiger partial charge in [0.15, 0.2) is 6.10 Å². The summed E-state index contributed by atoms with van der Waals surface area (Å²) in [6, 6.07) is 0. The summed E-state index contributed by atoms with van der Waals surface area (Å²) >= 11 is 0. The maximum atomic E-state index is 12.5. The molecule has 2 unspecified atom stereocenters. The number of esters is 2. The summed E-state index contributed by atoms with van der Waals surface area (Å²) in [6.45, 7) is 3.72. The van der Waals surface area contributed by atoms with Crippen LogP contribution in [0.5, 0.6) is 0 Å². The zero-order chi connectivity index (χ0) is 36.8. The van der Waals surface area contributed by atoms with Crippen LogP contribution in [0.15, 0.2) is 60.8 Å². The van der Waals surface area contributed by atoms with Gasteiger partial charge in [-0.3, -0.25) is 18.6 Å². The zero-order valence-corrected chi connectivity index (χ0v) is 32.7. The first-order valence-corrected chi connectivity index (χ1v) is 21.0. The zero-order valence-electron chi connectivity index (χ0n) is 31.8. The maximum absolute atomic E-state index is 12.5. The molecule has 0 rings (SSSR count). The van der Waals surface area contributed by atoms with Gasteiger partial charge < -0.3 is 14.4 Å². The lowest BCUT2D eigenvalue weighted by Gasteiger charge is -2.19. The number of phosphoric ester groups is 1. The molecule has 0 aliphatic carbocycles. The molecule has 0 aliphatic rings. The fourth-order valence-electron chi connectivity index (χ4n) is 5.00. The molecule has 0 aromatic heterocycles. The monoisotopic (exact) mass is 722 g/mol. The molecule has 0 saturated heterocycles. The van der Waals surface area contributed by atoms with Crippen LogP contribution in [0.3, 0.4) is 0 Å². The van der Waals surface area contributed by atoms with Gasteiger partial charge in [0.05, 0.1) is 6.61 Å². The molecule has 0 radical (unpaired) electrons. The lowest BCUT2D eigenvalue weighted by atomic mass is 10.1. The van der Waals surface area contributed by atoms with Crippen molar-refractivity contribution in [2.75, 3.05) is 20.3 Å². The van der Waals surface area contributed by atoms with Gasteiger partial charge >= 0.3 is 19.8 Å². The van der Waals surface area contributed by atoms with Gasteiger partial charge in [-0.2, -0.15) is 0 Å². The number of rotatable bonds is 35. The van der Waals surface area contributed by atoms with Crippen molar-refractivity contribution in [1.29, 1.82) is 0 Å². The minimum absolute atomic E-state index is 0.219. The highest BCUT2D eigenvalue weighted by Gasteiger charge is 2.24. The van der Waals surface area contributed by atoms with E-state index in [0.717, 1.165) is 103 Å². The second-order valence-electron chi connectivity index (χ2n) is 12.7. The van der Waals surface area contributed by atoms with Gasteiger partial charge in [0.25, 0.3) is 0 Å². The average molecular weight is 723 g/mol. The van der Waals surface area contributed by atoms with Crippen LogP contribution in [0.2, 0.25) is 0 Å². The van der Waals surface area contributed by atoms with Crippen LogP contribution in [0, 0.1) is 0 Å². The lowest BCUT2D eigenvalue weighted by Crippen LogP contribution is -2.29. The van der Waals surface area contributed by atoms with Crippen LogP contribution in [0.25, 0.3) is 0 Å². The summed E-state index contributed by atoms with van der Waals surface area (Å²) in [5.41, 5.74) is 0. The molecular weight excluding hydrogens is 651 g/mol. The van der Waals surface area contributed by atoms with E-state index in [2.05, 4.69) is 79.1 Å². The lowest BCUT2D eigenvalue weighted by molar-refractivity contribution is -0.161. The van der Waals surface area contributed by atoms with Crippen molar-refractivity contribution < 1.29 is 37.6 Å².